The first-order valence-corrected chi connectivity index (χ1v) is 9.81. The zero-order valence-corrected chi connectivity index (χ0v) is 16.5. The van der Waals surface area contributed by atoms with Crippen LogP contribution in [0.15, 0.2) is 35.1 Å². The molecular formula is C18H19BrN6O3. The molecule has 146 valence electrons. The Kier molecular flexibility index (Phi) is 4.88. The van der Waals surface area contributed by atoms with Crippen LogP contribution >= 0.6 is 15.9 Å². The van der Waals surface area contributed by atoms with Gasteiger partial charge in [-0.2, -0.15) is 0 Å². The van der Waals surface area contributed by atoms with Crippen molar-refractivity contribution in [2.45, 2.75) is 37.8 Å². The number of carbonyl (C=O) groups is 3. The van der Waals surface area contributed by atoms with Crippen LogP contribution in [0.1, 0.15) is 31.2 Å². The number of hydrogen-bond donors (Lipinski definition) is 3. The third kappa shape index (κ3) is 3.77. The van der Waals surface area contributed by atoms with Gasteiger partial charge in [-0.3, -0.25) is 20.2 Å². The third-order valence-electron chi connectivity index (χ3n) is 5.23. The van der Waals surface area contributed by atoms with Crippen molar-refractivity contribution in [3.05, 3.63) is 40.6 Å². The summed E-state index contributed by atoms with van der Waals surface area (Å²) < 4.78 is 2.65. The first kappa shape index (κ1) is 18.6. The van der Waals surface area contributed by atoms with Gasteiger partial charge in [0.2, 0.25) is 11.9 Å². The van der Waals surface area contributed by atoms with Crippen LogP contribution in [0.2, 0.25) is 0 Å². The second-order valence-corrected chi connectivity index (χ2v) is 8.07. The average molecular weight is 447 g/mol. The van der Waals surface area contributed by atoms with Crippen LogP contribution in [0.5, 0.6) is 0 Å². The molecule has 1 aliphatic carbocycles. The molecule has 0 unspecified atom stereocenters. The molecule has 1 aromatic heterocycles. The Labute approximate surface area is 169 Å². The maximum absolute atomic E-state index is 12.5. The van der Waals surface area contributed by atoms with Gasteiger partial charge in [0, 0.05) is 10.4 Å². The van der Waals surface area contributed by atoms with E-state index in [1.807, 2.05) is 24.3 Å². The van der Waals surface area contributed by atoms with E-state index in [0.717, 1.165) is 10.0 Å². The van der Waals surface area contributed by atoms with Crippen molar-refractivity contribution in [2.75, 3.05) is 5.32 Å². The first-order chi connectivity index (χ1) is 13.4. The van der Waals surface area contributed by atoms with Gasteiger partial charge >= 0.3 is 6.03 Å². The molecule has 9 nitrogen and oxygen atoms in total. The third-order valence-corrected chi connectivity index (χ3v) is 5.72. The smallest absolute Gasteiger partial charge is 0.322 e. The Balaban J connectivity index is 1.33. The molecule has 2 aliphatic rings. The van der Waals surface area contributed by atoms with Crippen LogP contribution in [0.4, 0.5) is 10.7 Å². The van der Waals surface area contributed by atoms with Gasteiger partial charge < -0.3 is 5.32 Å². The second-order valence-electron chi connectivity index (χ2n) is 7.15. The van der Waals surface area contributed by atoms with E-state index in [2.05, 4.69) is 42.0 Å². The van der Waals surface area contributed by atoms with Gasteiger partial charge in [0.05, 0.1) is 6.54 Å². The fourth-order valence-electron chi connectivity index (χ4n) is 3.72. The average Bonchev–Trinajstić information content (AvgIpc) is 3.19. The summed E-state index contributed by atoms with van der Waals surface area (Å²) in [6, 6.07) is 7.41. The number of halogens is 1. The number of imide groups is 1. The first-order valence-electron chi connectivity index (χ1n) is 9.02. The number of nitrogens with one attached hydrogen (secondary N) is 3. The molecule has 0 radical (unpaired) electrons. The molecule has 2 aromatic rings. The molecular weight excluding hydrogens is 428 g/mol. The molecule has 1 aromatic carbocycles. The largest absolute Gasteiger partial charge is 0.323 e. The van der Waals surface area contributed by atoms with E-state index < -0.39 is 11.6 Å². The molecule has 1 saturated heterocycles. The molecule has 28 heavy (non-hydrogen) atoms. The van der Waals surface area contributed by atoms with E-state index in [9.17, 15) is 14.4 Å². The summed E-state index contributed by atoms with van der Waals surface area (Å²) in [5.41, 5.74) is 0.198. The number of amides is 4. The fourth-order valence-corrected chi connectivity index (χ4v) is 4.16. The number of urea groups is 1. The van der Waals surface area contributed by atoms with Gasteiger partial charge in [-0.15, -0.1) is 5.10 Å². The minimum atomic E-state index is -0.863. The highest BCUT2D eigenvalue weighted by Gasteiger charge is 2.48. The molecule has 2 heterocycles. The Hall–Kier alpha value is -2.75. The number of nitrogens with zero attached hydrogens (tertiary/aromatic N) is 3. The minimum absolute atomic E-state index is 0.167. The Bertz CT molecular complexity index is 935. The minimum Gasteiger partial charge on any atom is -0.323 e. The van der Waals surface area contributed by atoms with Crippen molar-refractivity contribution in [3.8, 4) is 0 Å². The monoisotopic (exact) mass is 446 g/mol. The number of anilines is 1. The van der Waals surface area contributed by atoms with Crippen LogP contribution in [0, 0.1) is 5.92 Å². The second kappa shape index (κ2) is 7.34. The molecule has 0 bridgehead atoms. The summed E-state index contributed by atoms with van der Waals surface area (Å²) in [6.07, 6.45) is 3.47. The summed E-state index contributed by atoms with van der Waals surface area (Å²) in [7, 11) is 0. The van der Waals surface area contributed by atoms with Crippen molar-refractivity contribution in [2.24, 2.45) is 5.92 Å². The summed E-state index contributed by atoms with van der Waals surface area (Å²) in [5.74, 6) is -0.454. The van der Waals surface area contributed by atoms with Crippen LogP contribution < -0.4 is 16.0 Å². The van der Waals surface area contributed by atoms with Crippen molar-refractivity contribution >= 4 is 39.7 Å². The summed E-state index contributed by atoms with van der Waals surface area (Å²) in [6.45, 7) is 0.545. The highest BCUT2D eigenvalue weighted by molar-refractivity contribution is 9.10. The standard InChI is InChI=1S/C18H19BrN6O3/c19-13-3-1-2-11(8-13)9-25-10-20-16(24-25)21-14(26)12-4-6-18(7-5-12)15(27)22-17(28)23-18/h1-3,8,10,12H,4-7,9H2,(H,21,24,26)(H2,22,23,27,28). The van der Waals surface area contributed by atoms with E-state index in [1.54, 1.807) is 11.0 Å². The summed E-state index contributed by atoms with van der Waals surface area (Å²) >= 11 is 3.44. The van der Waals surface area contributed by atoms with Gasteiger partial charge in [0.25, 0.3) is 5.91 Å². The number of benzene rings is 1. The predicted molar refractivity (Wildman–Crippen MR) is 103 cm³/mol. The predicted octanol–water partition coefficient (Wildman–Crippen LogP) is 1.80. The topological polar surface area (TPSA) is 118 Å². The molecule has 1 spiro atoms. The van der Waals surface area contributed by atoms with Crippen LogP contribution in [0.25, 0.3) is 0 Å². The van der Waals surface area contributed by atoms with Crippen LogP contribution in [-0.4, -0.2) is 38.1 Å². The van der Waals surface area contributed by atoms with Crippen LogP contribution in [0.3, 0.4) is 0 Å². The number of aromatic nitrogens is 3. The lowest BCUT2D eigenvalue weighted by molar-refractivity contribution is -0.128. The fraction of sp³-hybridized carbons (Fsp3) is 0.389. The van der Waals surface area contributed by atoms with E-state index in [1.165, 1.54) is 0 Å². The molecule has 4 rings (SSSR count). The highest BCUT2D eigenvalue weighted by Crippen LogP contribution is 2.34. The van der Waals surface area contributed by atoms with E-state index in [-0.39, 0.29) is 23.7 Å². The molecule has 1 aliphatic heterocycles. The maximum atomic E-state index is 12.5. The van der Waals surface area contributed by atoms with Gasteiger partial charge in [-0.25, -0.2) is 14.5 Å². The molecule has 2 fully saturated rings. The highest BCUT2D eigenvalue weighted by atomic mass is 79.9. The summed E-state index contributed by atoms with van der Waals surface area (Å²) in [4.78, 5) is 40.1. The maximum Gasteiger partial charge on any atom is 0.322 e. The SMILES string of the molecule is O=C1NC(=O)C2(CCC(C(=O)Nc3ncn(Cc4cccc(Br)c4)n3)CC2)N1. The van der Waals surface area contributed by atoms with Crippen molar-refractivity contribution in [3.63, 3.8) is 0 Å². The molecule has 3 N–H and O–H groups in total. The number of rotatable bonds is 4. The van der Waals surface area contributed by atoms with Gasteiger partial charge in [-0.1, -0.05) is 28.1 Å². The van der Waals surface area contributed by atoms with Gasteiger partial charge in [0.15, 0.2) is 0 Å². The summed E-state index contributed by atoms with van der Waals surface area (Å²) in [5, 5.41) is 12.0. The lowest BCUT2D eigenvalue weighted by Gasteiger charge is -2.33. The normalized spacial score (nSPS) is 24.1. The molecule has 0 atom stereocenters. The quantitative estimate of drug-likeness (QED) is 0.618. The van der Waals surface area contributed by atoms with E-state index >= 15 is 0 Å². The van der Waals surface area contributed by atoms with Crippen molar-refractivity contribution in [1.82, 2.24) is 25.4 Å². The Morgan fingerprint density at radius 1 is 1.32 bits per heavy atom. The van der Waals surface area contributed by atoms with Gasteiger partial charge in [-0.05, 0) is 43.4 Å². The Morgan fingerprint density at radius 2 is 2.11 bits per heavy atom. The lowest BCUT2D eigenvalue weighted by atomic mass is 9.76. The zero-order valence-electron chi connectivity index (χ0n) is 14.9. The molecule has 10 heteroatoms. The zero-order chi connectivity index (χ0) is 19.7. The number of hydrogen-bond acceptors (Lipinski definition) is 5. The molecule has 1 saturated carbocycles. The van der Waals surface area contributed by atoms with Crippen LogP contribution in [-0.2, 0) is 16.1 Å². The Morgan fingerprint density at radius 3 is 2.79 bits per heavy atom. The van der Waals surface area contributed by atoms with E-state index in [0.29, 0.717) is 32.2 Å². The number of carbonyl (C=O) groups excluding carboxylic acids is 3. The molecule has 4 amide bonds. The van der Waals surface area contributed by atoms with Crippen molar-refractivity contribution < 1.29 is 14.4 Å². The van der Waals surface area contributed by atoms with Gasteiger partial charge in [0.1, 0.15) is 11.9 Å². The van der Waals surface area contributed by atoms with E-state index in [4.69, 9.17) is 0 Å². The van der Waals surface area contributed by atoms with Crippen molar-refractivity contribution in [1.29, 1.82) is 0 Å². The lowest BCUT2D eigenvalue weighted by Crippen LogP contribution is -2.50.